The molecule has 2 aromatic carbocycles. The summed E-state index contributed by atoms with van der Waals surface area (Å²) in [4.78, 5) is 112. The number of ether oxygens (including phenoxy) is 2. The fourth-order valence-corrected chi connectivity index (χ4v) is 10.5. The van der Waals surface area contributed by atoms with Gasteiger partial charge in [-0.25, -0.2) is 24.6 Å². The maximum Gasteiger partial charge on any atom is 0.295 e. The predicted molar refractivity (Wildman–Crippen MR) is 277 cm³/mol. The van der Waals surface area contributed by atoms with Crippen LogP contribution in [0.2, 0.25) is 0 Å². The van der Waals surface area contributed by atoms with E-state index in [1.807, 2.05) is 30.3 Å². The molecule has 76 heavy (non-hydrogen) atoms. The Labute approximate surface area is 436 Å². The number of benzene rings is 2. The number of H-pyrrole nitrogens is 2. The van der Waals surface area contributed by atoms with Crippen molar-refractivity contribution in [2.45, 2.75) is 19.8 Å². The number of piperidine rings is 1. The van der Waals surface area contributed by atoms with Gasteiger partial charge in [-0.3, -0.25) is 28.8 Å². The van der Waals surface area contributed by atoms with E-state index >= 15 is 0 Å². The molecule has 0 bridgehead atoms. The molecular formula is C53H47N13O9S. The number of fused-ring (bicyclic) bond motifs is 2. The number of hydrogen-bond acceptors (Lipinski definition) is 16. The van der Waals surface area contributed by atoms with Gasteiger partial charge in [-0.05, 0) is 48.6 Å². The van der Waals surface area contributed by atoms with Gasteiger partial charge in [0.25, 0.3) is 35.2 Å². The summed E-state index contributed by atoms with van der Waals surface area (Å²) in [6.45, 7) is 2.40. The number of carbonyl (C=O) groups is 6. The minimum Gasteiger partial charge on any atom is -0.494 e. The molecule has 10 rings (SSSR count). The first kappa shape index (κ1) is 50.1. The van der Waals surface area contributed by atoms with Crippen LogP contribution in [-0.4, -0.2) is 161 Å². The van der Waals surface area contributed by atoms with Crippen molar-refractivity contribution in [1.82, 2.24) is 59.7 Å². The molecule has 2 aliphatic rings. The van der Waals surface area contributed by atoms with Crippen LogP contribution in [0, 0.1) is 18.3 Å². The number of pyridine rings is 2. The van der Waals surface area contributed by atoms with Crippen molar-refractivity contribution < 1.29 is 43.3 Å². The second-order valence-electron chi connectivity index (χ2n) is 17.7. The van der Waals surface area contributed by atoms with Gasteiger partial charge in [0.1, 0.15) is 35.0 Å². The molecule has 0 radical (unpaired) electrons. The molecule has 8 heterocycles. The quantitative estimate of drug-likeness (QED) is 0.0646. The Bertz CT molecular complexity index is 3680. The molecule has 0 unspecified atom stereocenters. The molecule has 8 aromatic rings. The average Bonchev–Trinajstić information content (AvgIpc) is 4.32. The van der Waals surface area contributed by atoms with Gasteiger partial charge in [-0.2, -0.15) is 10.4 Å². The van der Waals surface area contributed by atoms with E-state index in [1.165, 1.54) is 59.8 Å². The molecule has 2 aliphatic heterocycles. The van der Waals surface area contributed by atoms with E-state index in [-0.39, 0.29) is 103 Å². The summed E-state index contributed by atoms with van der Waals surface area (Å²) in [5, 5.41) is 27.1. The first-order valence-electron chi connectivity index (χ1n) is 24.0. The smallest absolute Gasteiger partial charge is 0.295 e. The minimum atomic E-state index is -0.777. The topological polar surface area (TPSA) is 288 Å². The third-order valence-electron chi connectivity index (χ3n) is 13.3. The largest absolute Gasteiger partial charge is 0.494 e. The number of aromatic amines is 2. The summed E-state index contributed by atoms with van der Waals surface area (Å²) in [5.74, 6) is -2.46. The molecule has 23 heteroatoms. The maximum absolute atomic E-state index is 14.1. The summed E-state index contributed by atoms with van der Waals surface area (Å²) >= 11 is 1.05. The number of piperazine rings is 1. The number of aryl methyl sites for hydroxylation is 1. The lowest BCUT2D eigenvalue weighted by atomic mass is 9.93. The SMILES string of the molecule is COc1cnc(-c2nc(C(=O)NCCO)sc2-c2ccc(C(=O)N3CCN(C(=O)C(=O)c4c[nH]c5c(-n6cnc(C)n6)ncc(OC)c45)CC3)cc2)c2[nH]cc(C(=O)C(=O)N3CCC(=C(C#N)c4ccccc4)CC3)c12. The number of nitrogens with zero attached hydrogens (tertiary/aromatic N) is 10. The number of rotatable bonds is 14. The summed E-state index contributed by atoms with van der Waals surface area (Å²) in [5.41, 5.74) is 4.58. The zero-order valence-corrected chi connectivity index (χ0v) is 42.1. The van der Waals surface area contributed by atoms with Crippen molar-refractivity contribution in [2.75, 3.05) is 66.6 Å². The van der Waals surface area contributed by atoms with E-state index in [2.05, 4.69) is 41.4 Å². The molecule has 0 aliphatic carbocycles. The third kappa shape index (κ3) is 9.30. The maximum atomic E-state index is 14.1. The molecule has 0 saturated carbocycles. The Hall–Kier alpha value is -9.40. The molecule has 0 atom stereocenters. The lowest BCUT2D eigenvalue weighted by Crippen LogP contribution is -2.52. The van der Waals surface area contributed by atoms with Crippen molar-refractivity contribution >= 4 is 73.9 Å². The predicted octanol–water partition coefficient (Wildman–Crippen LogP) is 4.81. The molecule has 2 fully saturated rings. The van der Waals surface area contributed by atoms with Gasteiger partial charge >= 0.3 is 0 Å². The first-order chi connectivity index (χ1) is 36.9. The lowest BCUT2D eigenvalue weighted by Gasteiger charge is -2.34. The number of nitrogens with one attached hydrogen (secondary N) is 3. The molecular weight excluding hydrogens is 995 g/mol. The van der Waals surface area contributed by atoms with Crippen LogP contribution in [0.1, 0.15) is 65.1 Å². The van der Waals surface area contributed by atoms with Crippen molar-refractivity contribution in [3.63, 3.8) is 0 Å². The number of methoxy groups -OCH3 is 2. The van der Waals surface area contributed by atoms with Crippen molar-refractivity contribution in [2.24, 2.45) is 0 Å². The van der Waals surface area contributed by atoms with Crippen LogP contribution in [0.4, 0.5) is 0 Å². The number of nitriles is 1. The molecule has 6 aromatic heterocycles. The Morgan fingerprint density at radius 2 is 1.36 bits per heavy atom. The Morgan fingerprint density at radius 3 is 1.96 bits per heavy atom. The number of aliphatic hydroxyl groups excluding tert-OH is 1. The molecule has 2 saturated heterocycles. The first-order valence-corrected chi connectivity index (χ1v) is 24.9. The second kappa shape index (κ2) is 21.2. The monoisotopic (exact) mass is 1040 g/mol. The van der Waals surface area contributed by atoms with Crippen LogP contribution in [0.5, 0.6) is 11.5 Å². The highest BCUT2D eigenvalue weighted by Crippen LogP contribution is 2.42. The number of thiazole rings is 1. The fraction of sp³-hybridized carbons (Fsp3) is 0.245. The van der Waals surface area contributed by atoms with Crippen LogP contribution in [0.15, 0.2) is 91.3 Å². The van der Waals surface area contributed by atoms with Gasteiger partial charge in [0, 0.05) is 63.8 Å². The summed E-state index contributed by atoms with van der Waals surface area (Å²) in [6.07, 6.45) is 8.06. The Balaban J connectivity index is 0.865. The number of likely N-dealkylation sites (tertiary alicyclic amines) is 1. The zero-order valence-electron chi connectivity index (χ0n) is 41.2. The van der Waals surface area contributed by atoms with Gasteiger partial charge in [-0.15, -0.1) is 11.3 Å². The van der Waals surface area contributed by atoms with Gasteiger partial charge in [0.2, 0.25) is 0 Å². The van der Waals surface area contributed by atoms with Crippen molar-refractivity contribution in [1.29, 1.82) is 5.26 Å². The minimum absolute atomic E-state index is 0.0235. The number of aromatic nitrogens is 8. The fourth-order valence-electron chi connectivity index (χ4n) is 9.47. The average molecular weight is 1040 g/mol. The lowest BCUT2D eigenvalue weighted by molar-refractivity contribution is -0.128. The zero-order chi connectivity index (χ0) is 53.2. The number of hydrogen-bond donors (Lipinski definition) is 4. The third-order valence-corrected chi connectivity index (χ3v) is 14.4. The highest BCUT2D eigenvalue weighted by molar-refractivity contribution is 7.17. The highest BCUT2D eigenvalue weighted by atomic mass is 32.1. The standard InChI is InChI=1S/C53H47N13O9S/c1-29-60-28-66(62-29)48-42-40(38(75-3)27-59-48)36(25-57-42)46(69)53(73)65-20-18-64(19-21-65)51(71)33-11-9-32(10-12-33)47-44(61-50(76-47)49(70)55-15-22-67)43-41-39(37(74-2)26-58-43)35(24-56-41)45(68)52(72)63-16-13-31(14-17-63)34(23-54)30-7-5-4-6-8-30/h4-12,24-28,56-57,67H,13-22H2,1-3H3,(H,55,70). The van der Waals surface area contributed by atoms with E-state index in [1.54, 1.807) is 36.1 Å². The number of aliphatic hydroxyl groups is 1. The molecule has 4 N–H and O–H groups in total. The van der Waals surface area contributed by atoms with Crippen LogP contribution in [0.3, 0.4) is 0 Å². The van der Waals surface area contributed by atoms with E-state index in [0.29, 0.717) is 62.5 Å². The molecule has 384 valence electrons. The summed E-state index contributed by atoms with van der Waals surface area (Å²) < 4.78 is 12.7. The molecule has 4 amide bonds. The van der Waals surface area contributed by atoms with Crippen LogP contribution in [0.25, 0.3) is 55.0 Å². The number of carbonyl (C=O) groups excluding carboxylic acids is 6. The van der Waals surface area contributed by atoms with E-state index in [9.17, 15) is 39.1 Å². The van der Waals surface area contributed by atoms with Gasteiger partial charge in [0.15, 0.2) is 10.8 Å². The Kier molecular flexibility index (Phi) is 14.0. The number of allylic oxidation sites excluding steroid dienone is 1. The van der Waals surface area contributed by atoms with Crippen LogP contribution in [-0.2, 0) is 9.59 Å². The van der Waals surface area contributed by atoms with Crippen LogP contribution < -0.4 is 14.8 Å². The van der Waals surface area contributed by atoms with Gasteiger partial charge < -0.3 is 44.6 Å². The number of Topliss-reactive ketones (excluding diaryl/α,β-unsaturated/α-hetero) is 2. The molecule has 0 spiro atoms. The highest BCUT2D eigenvalue weighted by Gasteiger charge is 2.34. The second-order valence-corrected chi connectivity index (χ2v) is 18.7. The van der Waals surface area contributed by atoms with E-state index in [4.69, 9.17) is 14.5 Å². The van der Waals surface area contributed by atoms with Gasteiger partial charge in [-0.1, -0.05) is 42.5 Å². The summed E-state index contributed by atoms with van der Waals surface area (Å²) in [7, 11) is 2.86. The Morgan fingerprint density at radius 1 is 0.750 bits per heavy atom. The van der Waals surface area contributed by atoms with Crippen molar-refractivity contribution in [3.8, 4) is 45.2 Å². The van der Waals surface area contributed by atoms with Crippen LogP contribution >= 0.6 is 11.3 Å². The normalized spacial score (nSPS) is 13.7. The number of amides is 4. The number of ketones is 2. The van der Waals surface area contributed by atoms with Crippen molar-refractivity contribution in [3.05, 3.63) is 124 Å². The summed E-state index contributed by atoms with van der Waals surface area (Å²) in [6, 6.07) is 18.3. The van der Waals surface area contributed by atoms with E-state index < -0.39 is 29.3 Å². The molecule has 22 nitrogen and oxygen atoms in total. The van der Waals surface area contributed by atoms with E-state index in [0.717, 1.165) is 22.5 Å². The van der Waals surface area contributed by atoms with Gasteiger partial charge in [0.05, 0.1) is 82.7 Å².